The zero-order chi connectivity index (χ0) is 9.80. The van der Waals surface area contributed by atoms with Crippen molar-refractivity contribution in [1.82, 2.24) is 9.80 Å². The maximum atomic E-state index is 2.66. The van der Waals surface area contributed by atoms with E-state index in [1.165, 1.54) is 57.1 Å². The highest BCUT2D eigenvalue weighted by Crippen LogP contribution is 2.19. The number of hydrogen-bond donors (Lipinski definition) is 0. The highest BCUT2D eigenvalue weighted by atomic mass is 32.2. The predicted octanol–water partition coefficient (Wildman–Crippen LogP) is 1.52. The van der Waals surface area contributed by atoms with E-state index >= 15 is 0 Å². The predicted molar refractivity (Wildman–Crippen MR) is 64.0 cm³/mol. The number of rotatable bonds is 3. The van der Waals surface area contributed by atoms with Crippen molar-refractivity contribution in [3.8, 4) is 0 Å². The molecule has 0 radical (unpaired) electrons. The van der Waals surface area contributed by atoms with E-state index in [0.29, 0.717) is 0 Å². The van der Waals surface area contributed by atoms with Crippen molar-refractivity contribution < 1.29 is 0 Å². The van der Waals surface area contributed by atoms with E-state index < -0.39 is 0 Å². The van der Waals surface area contributed by atoms with Gasteiger partial charge >= 0.3 is 0 Å². The number of thioether (sulfide) groups is 1. The molecule has 0 bridgehead atoms. The summed E-state index contributed by atoms with van der Waals surface area (Å²) in [4.78, 5) is 5.32. The van der Waals surface area contributed by atoms with Crippen molar-refractivity contribution in [3.63, 3.8) is 0 Å². The molecule has 0 aliphatic carbocycles. The zero-order valence-electron chi connectivity index (χ0n) is 9.24. The SMILES string of the molecule is CCN1CCCC1CN1CCSCC1. The molecule has 2 aliphatic rings. The second-order valence-electron chi connectivity index (χ2n) is 4.34. The second kappa shape index (κ2) is 5.38. The van der Waals surface area contributed by atoms with Crippen LogP contribution in [0.15, 0.2) is 0 Å². The molecule has 82 valence electrons. The molecule has 0 N–H and O–H groups in total. The van der Waals surface area contributed by atoms with Gasteiger partial charge in [0.15, 0.2) is 0 Å². The standard InChI is InChI=1S/C11H22N2S/c1-2-13-5-3-4-11(13)10-12-6-8-14-9-7-12/h11H,2-10H2,1H3. The summed E-state index contributed by atoms with van der Waals surface area (Å²) < 4.78 is 0. The summed E-state index contributed by atoms with van der Waals surface area (Å²) in [5.41, 5.74) is 0. The van der Waals surface area contributed by atoms with Crippen molar-refractivity contribution in [2.45, 2.75) is 25.8 Å². The Morgan fingerprint density at radius 1 is 1.21 bits per heavy atom. The molecule has 1 unspecified atom stereocenters. The third kappa shape index (κ3) is 2.65. The summed E-state index contributed by atoms with van der Waals surface area (Å²) in [6.07, 6.45) is 2.85. The van der Waals surface area contributed by atoms with Crippen LogP contribution in [0.4, 0.5) is 0 Å². The maximum absolute atomic E-state index is 2.66. The van der Waals surface area contributed by atoms with E-state index in [2.05, 4.69) is 28.5 Å². The maximum Gasteiger partial charge on any atom is 0.0223 e. The molecule has 0 spiro atoms. The molecule has 0 aromatic rings. The average molecular weight is 214 g/mol. The van der Waals surface area contributed by atoms with Gasteiger partial charge in [-0.1, -0.05) is 6.92 Å². The van der Waals surface area contributed by atoms with Crippen LogP contribution in [0.5, 0.6) is 0 Å². The Morgan fingerprint density at radius 3 is 2.71 bits per heavy atom. The summed E-state index contributed by atoms with van der Waals surface area (Å²) in [6.45, 7) is 8.84. The van der Waals surface area contributed by atoms with Gasteiger partial charge in [0.05, 0.1) is 0 Å². The molecular formula is C11H22N2S. The molecule has 14 heavy (non-hydrogen) atoms. The van der Waals surface area contributed by atoms with Gasteiger partial charge in [-0.2, -0.15) is 11.8 Å². The first-order valence-corrected chi connectivity index (χ1v) is 7.09. The van der Waals surface area contributed by atoms with Crippen LogP contribution >= 0.6 is 11.8 Å². The Kier molecular flexibility index (Phi) is 4.14. The number of hydrogen-bond acceptors (Lipinski definition) is 3. The fourth-order valence-corrected chi connectivity index (χ4v) is 3.58. The minimum absolute atomic E-state index is 0.864. The van der Waals surface area contributed by atoms with Crippen LogP contribution in [0.25, 0.3) is 0 Å². The van der Waals surface area contributed by atoms with Gasteiger partial charge in [0, 0.05) is 37.2 Å². The fraction of sp³-hybridized carbons (Fsp3) is 1.00. The minimum atomic E-state index is 0.864. The molecule has 2 rings (SSSR count). The van der Waals surface area contributed by atoms with Crippen molar-refractivity contribution in [2.75, 3.05) is 44.2 Å². The smallest absolute Gasteiger partial charge is 0.0223 e. The molecule has 2 saturated heterocycles. The Bertz CT molecular complexity index is 169. The van der Waals surface area contributed by atoms with E-state index in [9.17, 15) is 0 Å². The molecule has 2 heterocycles. The highest BCUT2D eigenvalue weighted by molar-refractivity contribution is 7.99. The Labute approximate surface area is 92.0 Å². The van der Waals surface area contributed by atoms with Crippen LogP contribution < -0.4 is 0 Å². The van der Waals surface area contributed by atoms with Crippen LogP contribution in [-0.4, -0.2) is 60.1 Å². The third-order valence-corrected chi connectivity index (χ3v) is 4.42. The van der Waals surface area contributed by atoms with E-state index in [-0.39, 0.29) is 0 Å². The van der Waals surface area contributed by atoms with Gasteiger partial charge < -0.3 is 4.90 Å². The quantitative estimate of drug-likeness (QED) is 0.703. The Morgan fingerprint density at radius 2 is 2.00 bits per heavy atom. The molecule has 0 amide bonds. The molecule has 3 heteroatoms. The number of likely N-dealkylation sites (N-methyl/N-ethyl adjacent to an activating group) is 1. The molecule has 1 atom stereocenters. The molecular weight excluding hydrogens is 192 g/mol. The van der Waals surface area contributed by atoms with Crippen LogP contribution in [0.2, 0.25) is 0 Å². The molecule has 0 aromatic heterocycles. The number of likely N-dealkylation sites (tertiary alicyclic amines) is 1. The van der Waals surface area contributed by atoms with Crippen molar-refractivity contribution in [3.05, 3.63) is 0 Å². The summed E-state index contributed by atoms with van der Waals surface area (Å²) in [5, 5.41) is 0. The van der Waals surface area contributed by atoms with Gasteiger partial charge in [-0.25, -0.2) is 0 Å². The Hall–Kier alpha value is 0.270. The van der Waals surface area contributed by atoms with Crippen LogP contribution in [0.1, 0.15) is 19.8 Å². The van der Waals surface area contributed by atoms with Crippen LogP contribution in [0.3, 0.4) is 0 Å². The van der Waals surface area contributed by atoms with E-state index in [0.717, 1.165) is 6.04 Å². The van der Waals surface area contributed by atoms with Gasteiger partial charge in [-0.3, -0.25) is 4.90 Å². The summed E-state index contributed by atoms with van der Waals surface area (Å²) in [6, 6.07) is 0.864. The average Bonchev–Trinajstić information content (AvgIpc) is 2.67. The molecule has 2 aliphatic heterocycles. The van der Waals surface area contributed by atoms with Gasteiger partial charge in [0.1, 0.15) is 0 Å². The Balaban J connectivity index is 1.77. The molecule has 2 nitrogen and oxygen atoms in total. The highest BCUT2D eigenvalue weighted by Gasteiger charge is 2.25. The monoisotopic (exact) mass is 214 g/mol. The molecule has 0 saturated carbocycles. The van der Waals surface area contributed by atoms with Gasteiger partial charge in [0.2, 0.25) is 0 Å². The first-order valence-electron chi connectivity index (χ1n) is 5.94. The van der Waals surface area contributed by atoms with Gasteiger partial charge in [-0.15, -0.1) is 0 Å². The van der Waals surface area contributed by atoms with Crippen LogP contribution in [-0.2, 0) is 0 Å². The molecule has 0 aromatic carbocycles. The summed E-state index contributed by atoms with van der Waals surface area (Å²) in [5.74, 6) is 2.69. The normalized spacial score (nSPS) is 31.1. The van der Waals surface area contributed by atoms with E-state index in [1.807, 2.05) is 0 Å². The van der Waals surface area contributed by atoms with Crippen molar-refractivity contribution in [1.29, 1.82) is 0 Å². The summed E-state index contributed by atoms with van der Waals surface area (Å²) in [7, 11) is 0. The van der Waals surface area contributed by atoms with E-state index in [1.54, 1.807) is 0 Å². The van der Waals surface area contributed by atoms with Crippen molar-refractivity contribution >= 4 is 11.8 Å². The zero-order valence-corrected chi connectivity index (χ0v) is 10.1. The largest absolute Gasteiger partial charge is 0.300 e. The van der Waals surface area contributed by atoms with Crippen LogP contribution in [0, 0.1) is 0 Å². The topological polar surface area (TPSA) is 6.48 Å². The van der Waals surface area contributed by atoms with Crippen molar-refractivity contribution in [2.24, 2.45) is 0 Å². The fourth-order valence-electron chi connectivity index (χ4n) is 2.60. The molecule has 2 fully saturated rings. The number of nitrogens with zero attached hydrogens (tertiary/aromatic N) is 2. The summed E-state index contributed by atoms with van der Waals surface area (Å²) >= 11 is 2.11. The lowest BCUT2D eigenvalue weighted by Crippen LogP contribution is -2.43. The second-order valence-corrected chi connectivity index (χ2v) is 5.56. The first-order chi connectivity index (χ1) is 6.90. The lowest BCUT2D eigenvalue weighted by atomic mass is 10.2. The van der Waals surface area contributed by atoms with Gasteiger partial charge in [0.25, 0.3) is 0 Å². The van der Waals surface area contributed by atoms with Gasteiger partial charge in [-0.05, 0) is 25.9 Å². The first kappa shape index (κ1) is 10.8. The minimum Gasteiger partial charge on any atom is -0.300 e. The lowest BCUT2D eigenvalue weighted by molar-refractivity contribution is 0.187. The lowest BCUT2D eigenvalue weighted by Gasteiger charge is -2.32. The third-order valence-electron chi connectivity index (χ3n) is 3.48. The van der Waals surface area contributed by atoms with E-state index in [4.69, 9.17) is 0 Å².